The molecule has 3 rings (SSSR count). The highest BCUT2D eigenvalue weighted by Gasteiger charge is 2.20. The molecule has 5 heteroatoms. The third kappa shape index (κ3) is 5.02. The number of hydrogen-bond acceptors (Lipinski definition) is 1. The normalized spacial score (nSPS) is 12.0. The predicted octanol–water partition coefficient (Wildman–Crippen LogP) is 3.50. The summed E-state index contributed by atoms with van der Waals surface area (Å²) in [5, 5.41) is 4.73. The average molecular weight is 381 g/mol. The lowest BCUT2D eigenvalue weighted by Crippen LogP contribution is -2.87. The maximum absolute atomic E-state index is 13.9. The summed E-state index contributed by atoms with van der Waals surface area (Å²) in [6.45, 7) is 1.86. The van der Waals surface area contributed by atoms with Gasteiger partial charge in [0, 0.05) is 22.8 Å². The molecule has 3 nitrogen and oxygen atoms in total. The standard InChI is InChI=1S/C23H22F2N2O/c1-16(20-13-12-19(24)14-21(20)25)27-22(28)15-26-23(17-8-4-2-5-9-17)18-10-6-3-7-11-18/h2-14,16,23,26H,15H2,1H3,(H,27,28)/p+1/t16-/m0/s1. The Morgan fingerprint density at radius 2 is 1.50 bits per heavy atom. The third-order valence-corrected chi connectivity index (χ3v) is 4.66. The minimum absolute atomic E-state index is 0.0222. The molecule has 0 unspecified atom stereocenters. The summed E-state index contributed by atoms with van der Waals surface area (Å²) in [5.41, 5.74) is 2.45. The summed E-state index contributed by atoms with van der Waals surface area (Å²) in [7, 11) is 0. The number of carbonyl (C=O) groups excluding carboxylic acids is 1. The fourth-order valence-electron chi connectivity index (χ4n) is 3.24. The first kappa shape index (κ1) is 19.7. The fourth-order valence-corrected chi connectivity index (χ4v) is 3.24. The van der Waals surface area contributed by atoms with Crippen LogP contribution in [0.5, 0.6) is 0 Å². The van der Waals surface area contributed by atoms with E-state index in [-0.39, 0.29) is 24.1 Å². The van der Waals surface area contributed by atoms with E-state index in [1.807, 2.05) is 66.0 Å². The second-order valence-corrected chi connectivity index (χ2v) is 6.69. The van der Waals surface area contributed by atoms with Gasteiger partial charge in [-0.2, -0.15) is 0 Å². The first-order valence-corrected chi connectivity index (χ1v) is 9.22. The molecule has 28 heavy (non-hydrogen) atoms. The molecule has 0 aliphatic heterocycles. The first-order valence-electron chi connectivity index (χ1n) is 9.22. The van der Waals surface area contributed by atoms with Crippen LogP contribution in [0.15, 0.2) is 78.9 Å². The average Bonchev–Trinajstić information content (AvgIpc) is 2.69. The molecule has 3 N–H and O–H groups in total. The molecule has 0 aromatic heterocycles. The molecule has 3 aromatic carbocycles. The van der Waals surface area contributed by atoms with E-state index in [4.69, 9.17) is 0 Å². The molecule has 0 radical (unpaired) electrons. The summed E-state index contributed by atoms with van der Waals surface area (Å²) >= 11 is 0. The first-order chi connectivity index (χ1) is 13.5. The second-order valence-electron chi connectivity index (χ2n) is 6.69. The van der Waals surface area contributed by atoms with Crippen molar-refractivity contribution in [2.45, 2.75) is 19.0 Å². The van der Waals surface area contributed by atoms with Gasteiger partial charge in [0.25, 0.3) is 5.91 Å². The number of quaternary nitrogens is 1. The van der Waals surface area contributed by atoms with Crippen LogP contribution in [0.1, 0.15) is 35.7 Å². The number of benzene rings is 3. The van der Waals surface area contributed by atoms with Gasteiger partial charge in [0.1, 0.15) is 17.7 Å². The van der Waals surface area contributed by atoms with Crippen molar-refractivity contribution in [2.24, 2.45) is 0 Å². The molecular weight excluding hydrogens is 358 g/mol. The molecule has 0 aliphatic carbocycles. The Bertz CT molecular complexity index is 877. The van der Waals surface area contributed by atoms with E-state index in [9.17, 15) is 13.6 Å². The molecular formula is C23H23F2N2O+. The van der Waals surface area contributed by atoms with Crippen LogP contribution in [0.2, 0.25) is 0 Å². The Morgan fingerprint density at radius 3 is 2.04 bits per heavy atom. The number of hydrogen-bond donors (Lipinski definition) is 2. The molecule has 144 valence electrons. The van der Waals surface area contributed by atoms with Crippen LogP contribution >= 0.6 is 0 Å². The number of carbonyl (C=O) groups is 1. The lowest BCUT2D eigenvalue weighted by Gasteiger charge is -2.18. The monoisotopic (exact) mass is 381 g/mol. The lowest BCUT2D eigenvalue weighted by atomic mass is 9.99. The summed E-state index contributed by atoms with van der Waals surface area (Å²) in [4.78, 5) is 12.4. The minimum atomic E-state index is -0.664. The fraction of sp³-hybridized carbons (Fsp3) is 0.174. The van der Waals surface area contributed by atoms with Gasteiger partial charge in [-0.25, -0.2) is 8.78 Å². The smallest absolute Gasteiger partial charge is 0.275 e. The van der Waals surface area contributed by atoms with E-state index in [0.717, 1.165) is 17.2 Å². The van der Waals surface area contributed by atoms with Gasteiger partial charge in [-0.3, -0.25) is 4.79 Å². The minimum Gasteiger partial charge on any atom is -0.345 e. The Hall–Kier alpha value is -3.05. The number of halogens is 2. The van der Waals surface area contributed by atoms with Gasteiger partial charge in [-0.15, -0.1) is 0 Å². The Morgan fingerprint density at radius 1 is 0.929 bits per heavy atom. The van der Waals surface area contributed by atoms with E-state index in [2.05, 4.69) is 5.32 Å². The van der Waals surface area contributed by atoms with E-state index in [0.29, 0.717) is 0 Å². The summed E-state index contributed by atoms with van der Waals surface area (Å²) in [5.74, 6) is -1.52. The third-order valence-electron chi connectivity index (χ3n) is 4.66. The van der Waals surface area contributed by atoms with Crippen LogP contribution in [0.25, 0.3) is 0 Å². The number of rotatable bonds is 7. The SMILES string of the molecule is C[C@H](NC(=O)C[NH2+]C(c1ccccc1)c1ccccc1)c1ccc(F)cc1F. The topological polar surface area (TPSA) is 45.7 Å². The van der Waals surface area contributed by atoms with E-state index >= 15 is 0 Å². The molecule has 1 amide bonds. The molecule has 0 saturated carbocycles. The zero-order valence-electron chi connectivity index (χ0n) is 15.6. The summed E-state index contributed by atoms with van der Waals surface area (Å²) in [6, 6.07) is 22.7. The van der Waals surface area contributed by atoms with Crippen molar-refractivity contribution in [3.63, 3.8) is 0 Å². The molecule has 0 bridgehead atoms. The zero-order valence-corrected chi connectivity index (χ0v) is 15.6. The molecule has 0 fully saturated rings. The Labute approximate surface area is 163 Å². The van der Waals surface area contributed by atoms with Crippen molar-refractivity contribution in [1.82, 2.24) is 5.32 Å². The Balaban J connectivity index is 1.67. The maximum atomic E-state index is 13.9. The van der Waals surface area contributed by atoms with E-state index < -0.39 is 17.7 Å². The molecule has 0 saturated heterocycles. The van der Waals surface area contributed by atoms with Gasteiger partial charge in [0.2, 0.25) is 0 Å². The summed E-state index contributed by atoms with van der Waals surface area (Å²) < 4.78 is 27.0. The van der Waals surface area contributed by atoms with Crippen molar-refractivity contribution in [2.75, 3.05) is 6.54 Å². The van der Waals surface area contributed by atoms with Crippen LogP contribution in [-0.2, 0) is 4.79 Å². The Kier molecular flexibility index (Phi) is 6.50. The van der Waals surface area contributed by atoms with Gasteiger partial charge in [0.15, 0.2) is 6.54 Å². The molecule has 0 heterocycles. The summed E-state index contributed by atoms with van der Waals surface area (Å²) in [6.07, 6.45) is 0. The highest BCUT2D eigenvalue weighted by molar-refractivity contribution is 5.77. The molecule has 0 aliphatic rings. The van der Waals surface area contributed by atoms with Gasteiger partial charge in [0.05, 0.1) is 6.04 Å². The van der Waals surface area contributed by atoms with Crippen LogP contribution in [0.3, 0.4) is 0 Å². The van der Waals surface area contributed by atoms with E-state index in [1.165, 1.54) is 12.1 Å². The van der Waals surface area contributed by atoms with Crippen LogP contribution in [-0.4, -0.2) is 12.5 Å². The van der Waals surface area contributed by atoms with Gasteiger partial charge in [-0.05, 0) is 13.0 Å². The van der Waals surface area contributed by atoms with E-state index in [1.54, 1.807) is 6.92 Å². The predicted molar refractivity (Wildman–Crippen MR) is 104 cm³/mol. The van der Waals surface area contributed by atoms with Gasteiger partial charge < -0.3 is 10.6 Å². The second kappa shape index (κ2) is 9.24. The van der Waals surface area contributed by atoms with Crippen molar-refractivity contribution >= 4 is 5.91 Å². The van der Waals surface area contributed by atoms with Crippen LogP contribution < -0.4 is 10.6 Å². The van der Waals surface area contributed by atoms with Crippen molar-refractivity contribution in [3.8, 4) is 0 Å². The number of nitrogens with one attached hydrogen (secondary N) is 1. The number of amides is 1. The largest absolute Gasteiger partial charge is 0.345 e. The van der Waals surface area contributed by atoms with Crippen LogP contribution in [0, 0.1) is 11.6 Å². The molecule has 0 spiro atoms. The quantitative estimate of drug-likeness (QED) is 0.647. The highest BCUT2D eigenvalue weighted by atomic mass is 19.1. The van der Waals surface area contributed by atoms with Crippen molar-refractivity contribution in [1.29, 1.82) is 0 Å². The maximum Gasteiger partial charge on any atom is 0.275 e. The van der Waals surface area contributed by atoms with Crippen LogP contribution in [0.4, 0.5) is 8.78 Å². The number of nitrogens with two attached hydrogens (primary N) is 1. The zero-order chi connectivity index (χ0) is 19.9. The molecule has 3 aromatic rings. The van der Waals surface area contributed by atoms with Crippen molar-refractivity contribution in [3.05, 3.63) is 107 Å². The van der Waals surface area contributed by atoms with Crippen molar-refractivity contribution < 1.29 is 18.9 Å². The highest BCUT2D eigenvalue weighted by Crippen LogP contribution is 2.18. The molecule has 1 atom stereocenters. The lowest BCUT2D eigenvalue weighted by molar-refractivity contribution is -0.676. The van der Waals surface area contributed by atoms with Gasteiger partial charge >= 0.3 is 0 Å². The van der Waals surface area contributed by atoms with Gasteiger partial charge in [-0.1, -0.05) is 66.7 Å².